The van der Waals surface area contributed by atoms with Crippen molar-refractivity contribution in [2.75, 3.05) is 20.3 Å². The Morgan fingerprint density at radius 3 is 2.71 bits per heavy atom. The number of unbranched alkanes of at least 4 members (excludes halogenated alkanes) is 2. The molecule has 1 atom stereocenters. The topological polar surface area (TPSA) is 43.4 Å². The number of amides is 1. The summed E-state index contributed by atoms with van der Waals surface area (Å²) >= 11 is 0. The van der Waals surface area contributed by atoms with Gasteiger partial charge in [-0.1, -0.05) is 13.3 Å². The summed E-state index contributed by atoms with van der Waals surface area (Å²) < 4.78 is -0.0451. The molecule has 1 aliphatic rings. The van der Waals surface area contributed by atoms with Gasteiger partial charge in [-0.3, -0.25) is 0 Å². The third-order valence-electron chi connectivity index (χ3n) is 2.61. The minimum atomic E-state index is -0.998. The van der Waals surface area contributed by atoms with E-state index in [1.54, 1.807) is 6.20 Å². The van der Waals surface area contributed by atoms with Gasteiger partial charge >= 0.3 is 0 Å². The van der Waals surface area contributed by atoms with E-state index in [0.717, 1.165) is 19.3 Å². The van der Waals surface area contributed by atoms with Crippen LogP contribution in [0.5, 0.6) is 0 Å². The number of carboxylic acid groups (broad SMARTS) is 1. The first-order chi connectivity index (χ1) is 6.60. The van der Waals surface area contributed by atoms with Crippen LogP contribution in [-0.2, 0) is 0 Å². The first-order valence-corrected chi connectivity index (χ1v) is 5.08. The summed E-state index contributed by atoms with van der Waals surface area (Å²) in [6.45, 7) is 3.23. The third kappa shape index (κ3) is 2.26. The minimum Gasteiger partial charge on any atom is -0.498 e. The van der Waals surface area contributed by atoms with E-state index in [-0.39, 0.29) is 4.48 Å². The van der Waals surface area contributed by atoms with Gasteiger partial charge in [0, 0.05) is 7.05 Å². The van der Waals surface area contributed by atoms with Crippen molar-refractivity contribution in [1.29, 1.82) is 0 Å². The monoisotopic (exact) mass is 198 g/mol. The molecule has 4 heteroatoms. The van der Waals surface area contributed by atoms with Gasteiger partial charge in [0.2, 0.25) is 0 Å². The second-order valence-corrected chi connectivity index (χ2v) is 3.93. The molecule has 0 aromatic rings. The fraction of sp³-hybridized carbons (Fsp3) is 0.700. The third-order valence-corrected chi connectivity index (χ3v) is 2.61. The summed E-state index contributed by atoms with van der Waals surface area (Å²) in [5.74, 6) is 0. The quantitative estimate of drug-likeness (QED) is 0.493. The van der Waals surface area contributed by atoms with E-state index < -0.39 is 6.09 Å². The lowest BCUT2D eigenvalue weighted by atomic mass is 10.2. The molecule has 0 N–H and O–H groups in total. The van der Waals surface area contributed by atoms with Crippen LogP contribution in [0.25, 0.3) is 0 Å². The van der Waals surface area contributed by atoms with Crippen LogP contribution in [-0.4, -0.2) is 35.7 Å². The molecule has 1 aliphatic heterocycles. The molecule has 1 amide bonds. The lowest BCUT2D eigenvalue weighted by molar-refractivity contribution is -0.830. The lowest BCUT2D eigenvalue weighted by Gasteiger charge is -2.31. The molecule has 0 bridgehead atoms. The smallest absolute Gasteiger partial charge is 0.263 e. The van der Waals surface area contributed by atoms with Gasteiger partial charge in [0.25, 0.3) is 6.09 Å². The summed E-state index contributed by atoms with van der Waals surface area (Å²) in [6, 6.07) is 0. The first-order valence-electron chi connectivity index (χ1n) is 5.08. The molecule has 14 heavy (non-hydrogen) atoms. The number of quaternary nitrogens is 1. The molecular weight excluding hydrogens is 180 g/mol. The van der Waals surface area contributed by atoms with Crippen LogP contribution in [0.4, 0.5) is 4.79 Å². The van der Waals surface area contributed by atoms with E-state index in [1.165, 1.54) is 0 Å². The Hall–Kier alpha value is -1.03. The summed E-state index contributed by atoms with van der Waals surface area (Å²) in [4.78, 5) is 12.9. The molecule has 0 fully saturated rings. The SMILES string of the molecule is CCCCC[N+]1(C(=O)[O-])C=CN(C)C1. The van der Waals surface area contributed by atoms with Crippen LogP contribution >= 0.6 is 0 Å². The van der Waals surface area contributed by atoms with Crippen molar-refractivity contribution in [1.82, 2.24) is 4.90 Å². The van der Waals surface area contributed by atoms with Crippen molar-refractivity contribution in [2.24, 2.45) is 0 Å². The van der Waals surface area contributed by atoms with Gasteiger partial charge in [-0.25, -0.2) is 4.48 Å². The highest BCUT2D eigenvalue weighted by Crippen LogP contribution is 2.18. The lowest BCUT2D eigenvalue weighted by Crippen LogP contribution is -2.56. The molecule has 1 unspecified atom stereocenters. The Labute approximate surface area is 85.0 Å². The number of hydrogen-bond donors (Lipinski definition) is 0. The first kappa shape index (κ1) is 11.0. The Morgan fingerprint density at radius 1 is 1.57 bits per heavy atom. The standard InChI is InChI=1S/C10H18N2O2/c1-3-4-5-7-12(10(13)14)8-6-11(2)9-12/h6,8H,3-5,7,9H2,1-2H3. The fourth-order valence-corrected chi connectivity index (χ4v) is 1.73. The number of carbonyl (C=O) groups excluding carboxylic acids is 1. The molecule has 0 aromatic heterocycles. The molecule has 1 heterocycles. The Balaban J connectivity index is 2.56. The van der Waals surface area contributed by atoms with Gasteiger partial charge in [-0.15, -0.1) is 0 Å². The highest BCUT2D eigenvalue weighted by atomic mass is 16.4. The molecule has 1 rings (SSSR count). The normalized spacial score (nSPS) is 25.7. The van der Waals surface area contributed by atoms with Gasteiger partial charge in [-0.05, 0) is 12.8 Å². The summed E-state index contributed by atoms with van der Waals surface area (Å²) in [7, 11) is 1.87. The van der Waals surface area contributed by atoms with Crippen LogP contribution < -0.4 is 5.11 Å². The van der Waals surface area contributed by atoms with Crippen LogP contribution in [0, 0.1) is 0 Å². The highest BCUT2D eigenvalue weighted by Gasteiger charge is 2.32. The van der Waals surface area contributed by atoms with Gasteiger partial charge in [0.15, 0.2) is 6.67 Å². The molecule has 0 radical (unpaired) electrons. The molecular formula is C10H18N2O2. The van der Waals surface area contributed by atoms with E-state index in [0.29, 0.717) is 13.2 Å². The zero-order chi connectivity index (χ0) is 10.6. The van der Waals surface area contributed by atoms with E-state index >= 15 is 0 Å². The van der Waals surface area contributed by atoms with Gasteiger partial charge in [0.05, 0.1) is 12.7 Å². The van der Waals surface area contributed by atoms with Crippen molar-refractivity contribution in [3.05, 3.63) is 12.4 Å². The van der Waals surface area contributed by atoms with Gasteiger partial charge in [0.1, 0.15) is 6.20 Å². The molecule has 0 saturated carbocycles. The van der Waals surface area contributed by atoms with E-state index in [9.17, 15) is 9.90 Å². The summed E-state index contributed by atoms with van der Waals surface area (Å²) in [6.07, 6.45) is 5.63. The maximum atomic E-state index is 11.0. The molecule has 0 spiro atoms. The van der Waals surface area contributed by atoms with E-state index in [1.807, 2.05) is 18.1 Å². The molecule has 0 aliphatic carbocycles. The fourth-order valence-electron chi connectivity index (χ4n) is 1.73. The van der Waals surface area contributed by atoms with E-state index in [4.69, 9.17) is 0 Å². The predicted octanol–water partition coefficient (Wildman–Crippen LogP) is 0.711. The molecule has 0 saturated heterocycles. The number of nitrogens with zero attached hydrogens (tertiary/aromatic N) is 2. The van der Waals surface area contributed by atoms with Crippen LogP contribution in [0.2, 0.25) is 0 Å². The maximum Gasteiger partial charge on any atom is 0.263 e. The van der Waals surface area contributed by atoms with Crippen molar-refractivity contribution in [3.8, 4) is 0 Å². The Bertz CT molecular complexity index is 240. The zero-order valence-corrected chi connectivity index (χ0v) is 8.90. The maximum absolute atomic E-state index is 11.0. The zero-order valence-electron chi connectivity index (χ0n) is 8.90. The number of carbonyl (C=O) groups is 1. The van der Waals surface area contributed by atoms with Crippen LogP contribution in [0.15, 0.2) is 12.4 Å². The second kappa shape index (κ2) is 4.46. The molecule has 0 aromatic carbocycles. The summed E-state index contributed by atoms with van der Waals surface area (Å²) in [5.41, 5.74) is 0. The van der Waals surface area contributed by atoms with Crippen LogP contribution in [0.3, 0.4) is 0 Å². The van der Waals surface area contributed by atoms with Crippen molar-refractivity contribution in [2.45, 2.75) is 26.2 Å². The number of rotatable bonds is 4. The average molecular weight is 198 g/mol. The predicted molar refractivity (Wildman–Crippen MR) is 51.8 cm³/mol. The Kier molecular flexibility index (Phi) is 3.52. The van der Waals surface area contributed by atoms with Crippen molar-refractivity contribution in [3.63, 3.8) is 0 Å². The van der Waals surface area contributed by atoms with Gasteiger partial charge < -0.3 is 14.8 Å². The molecule has 4 nitrogen and oxygen atoms in total. The average Bonchev–Trinajstić information content (AvgIpc) is 2.49. The Morgan fingerprint density at radius 2 is 2.29 bits per heavy atom. The largest absolute Gasteiger partial charge is 0.498 e. The van der Waals surface area contributed by atoms with Crippen LogP contribution in [0.1, 0.15) is 26.2 Å². The summed E-state index contributed by atoms with van der Waals surface area (Å²) in [5, 5.41) is 11.0. The number of hydrogen-bond acceptors (Lipinski definition) is 3. The van der Waals surface area contributed by atoms with Crippen molar-refractivity contribution < 1.29 is 14.4 Å². The molecule has 80 valence electrons. The van der Waals surface area contributed by atoms with Gasteiger partial charge in [-0.2, -0.15) is 0 Å². The highest BCUT2D eigenvalue weighted by molar-refractivity contribution is 5.55. The van der Waals surface area contributed by atoms with E-state index in [2.05, 4.69) is 6.92 Å². The van der Waals surface area contributed by atoms with Crippen molar-refractivity contribution >= 4 is 6.09 Å². The second-order valence-electron chi connectivity index (χ2n) is 3.93. The minimum absolute atomic E-state index is 0.0451.